The highest BCUT2D eigenvalue weighted by Crippen LogP contribution is 2.17. The van der Waals surface area contributed by atoms with Crippen molar-refractivity contribution in [2.24, 2.45) is 5.73 Å². The van der Waals surface area contributed by atoms with Gasteiger partial charge < -0.3 is 21.3 Å². The van der Waals surface area contributed by atoms with E-state index in [1.54, 1.807) is 0 Å². The molecule has 1 saturated heterocycles. The standard InChI is InChI=1S/C18H34N4O2/c19-15-10-13-22(14-11-15)17(23)9-5-2-6-12-20-18(24)21-16-7-3-1-4-8-16/h15-16H,1-14,19H2,(H2,20,21,24). The minimum absolute atomic E-state index is 0.0392. The molecule has 1 saturated carbocycles. The van der Waals surface area contributed by atoms with Crippen molar-refractivity contribution in [1.29, 1.82) is 0 Å². The van der Waals surface area contributed by atoms with Gasteiger partial charge in [0.1, 0.15) is 0 Å². The van der Waals surface area contributed by atoms with Gasteiger partial charge in [0.25, 0.3) is 0 Å². The molecule has 1 aliphatic carbocycles. The van der Waals surface area contributed by atoms with E-state index in [4.69, 9.17) is 5.73 Å². The van der Waals surface area contributed by atoms with E-state index in [2.05, 4.69) is 10.6 Å². The van der Waals surface area contributed by atoms with Gasteiger partial charge >= 0.3 is 6.03 Å². The minimum atomic E-state index is -0.0392. The predicted molar refractivity (Wildman–Crippen MR) is 95.7 cm³/mol. The van der Waals surface area contributed by atoms with Gasteiger partial charge in [0.05, 0.1) is 0 Å². The first kappa shape index (κ1) is 19.0. The summed E-state index contributed by atoms with van der Waals surface area (Å²) in [5, 5.41) is 5.98. The first-order valence-electron chi connectivity index (χ1n) is 9.73. The van der Waals surface area contributed by atoms with E-state index in [0.717, 1.165) is 58.0 Å². The largest absolute Gasteiger partial charge is 0.343 e. The number of nitrogens with one attached hydrogen (secondary N) is 2. The van der Waals surface area contributed by atoms with Crippen molar-refractivity contribution in [2.45, 2.75) is 82.7 Å². The van der Waals surface area contributed by atoms with E-state index >= 15 is 0 Å². The number of piperidine rings is 1. The van der Waals surface area contributed by atoms with Gasteiger partial charge in [-0.15, -0.1) is 0 Å². The maximum Gasteiger partial charge on any atom is 0.315 e. The van der Waals surface area contributed by atoms with Gasteiger partial charge in [0.15, 0.2) is 0 Å². The van der Waals surface area contributed by atoms with E-state index in [0.29, 0.717) is 19.0 Å². The second-order valence-electron chi connectivity index (χ2n) is 7.26. The van der Waals surface area contributed by atoms with Crippen LogP contribution >= 0.6 is 0 Å². The summed E-state index contributed by atoms with van der Waals surface area (Å²) in [6.45, 7) is 2.30. The summed E-state index contributed by atoms with van der Waals surface area (Å²) in [6, 6.07) is 0.580. The Labute approximate surface area is 145 Å². The molecule has 0 aromatic carbocycles. The Morgan fingerprint density at radius 2 is 1.67 bits per heavy atom. The second kappa shape index (κ2) is 10.5. The first-order valence-corrected chi connectivity index (χ1v) is 9.73. The molecule has 6 heteroatoms. The lowest BCUT2D eigenvalue weighted by Gasteiger charge is -2.30. The zero-order valence-corrected chi connectivity index (χ0v) is 14.9. The molecule has 1 heterocycles. The maximum atomic E-state index is 12.1. The zero-order valence-electron chi connectivity index (χ0n) is 14.9. The summed E-state index contributed by atoms with van der Waals surface area (Å²) in [7, 11) is 0. The number of amides is 3. The summed E-state index contributed by atoms with van der Waals surface area (Å²) in [4.78, 5) is 25.8. The first-order chi connectivity index (χ1) is 11.6. The number of hydrogen-bond acceptors (Lipinski definition) is 3. The van der Waals surface area contributed by atoms with Crippen LogP contribution in [0.1, 0.15) is 70.6 Å². The van der Waals surface area contributed by atoms with Crippen molar-refractivity contribution in [3.05, 3.63) is 0 Å². The Morgan fingerprint density at radius 3 is 2.38 bits per heavy atom. The number of carbonyl (C=O) groups excluding carboxylic acids is 2. The van der Waals surface area contributed by atoms with Crippen molar-refractivity contribution in [3.8, 4) is 0 Å². The monoisotopic (exact) mass is 338 g/mol. The van der Waals surface area contributed by atoms with E-state index in [1.807, 2.05) is 4.90 Å². The third kappa shape index (κ3) is 7.07. The van der Waals surface area contributed by atoms with Crippen molar-refractivity contribution >= 4 is 11.9 Å². The van der Waals surface area contributed by atoms with Gasteiger partial charge in [-0.1, -0.05) is 25.7 Å². The van der Waals surface area contributed by atoms with Gasteiger partial charge in [-0.05, 0) is 38.5 Å². The number of hydrogen-bond donors (Lipinski definition) is 3. The Kier molecular flexibility index (Phi) is 8.36. The highest BCUT2D eigenvalue weighted by molar-refractivity contribution is 5.76. The molecule has 6 nitrogen and oxygen atoms in total. The number of rotatable bonds is 7. The third-order valence-corrected chi connectivity index (χ3v) is 5.19. The lowest BCUT2D eigenvalue weighted by molar-refractivity contribution is -0.132. The molecule has 3 amide bonds. The molecule has 0 atom stereocenters. The average molecular weight is 338 g/mol. The molecule has 24 heavy (non-hydrogen) atoms. The third-order valence-electron chi connectivity index (χ3n) is 5.19. The minimum Gasteiger partial charge on any atom is -0.343 e. The highest BCUT2D eigenvalue weighted by Gasteiger charge is 2.19. The maximum absolute atomic E-state index is 12.1. The summed E-state index contributed by atoms with van der Waals surface area (Å²) >= 11 is 0. The van der Waals surface area contributed by atoms with Crippen LogP contribution in [0.4, 0.5) is 4.79 Å². The van der Waals surface area contributed by atoms with Gasteiger partial charge in [0.2, 0.25) is 5.91 Å². The topological polar surface area (TPSA) is 87.5 Å². The van der Waals surface area contributed by atoms with Crippen LogP contribution in [0, 0.1) is 0 Å². The van der Waals surface area contributed by atoms with E-state index in [9.17, 15) is 9.59 Å². The molecule has 0 unspecified atom stereocenters. The molecular formula is C18H34N4O2. The Hall–Kier alpha value is -1.30. The van der Waals surface area contributed by atoms with Crippen LogP contribution < -0.4 is 16.4 Å². The average Bonchev–Trinajstić information content (AvgIpc) is 2.59. The fourth-order valence-corrected chi connectivity index (χ4v) is 3.57. The smallest absolute Gasteiger partial charge is 0.315 e. The highest BCUT2D eigenvalue weighted by atomic mass is 16.2. The molecule has 2 fully saturated rings. The fourth-order valence-electron chi connectivity index (χ4n) is 3.57. The lowest BCUT2D eigenvalue weighted by Crippen LogP contribution is -2.43. The molecule has 138 valence electrons. The van der Waals surface area contributed by atoms with Crippen molar-refractivity contribution in [1.82, 2.24) is 15.5 Å². The van der Waals surface area contributed by atoms with Crippen LogP contribution in [0.5, 0.6) is 0 Å². The van der Waals surface area contributed by atoms with Crippen LogP contribution in [0.25, 0.3) is 0 Å². The summed E-state index contributed by atoms with van der Waals surface area (Å²) in [6.07, 6.45) is 11.2. The van der Waals surface area contributed by atoms with Gasteiger partial charge in [-0.25, -0.2) is 4.79 Å². The molecule has 0 spiro atoms. The molecule has 2 rings (SSSR count). The molecule has 1 aliphatic heterocycles. The summed E-state index contributed by atoms with van der Waals surface area (Å²) in [5.74, 6) is 0.255. The number of unbranched alkanes of at least 4 members (excludes halogenated alkanes) is 2. The number of nitrogens with zero attached hydrogens (tertiary/aromatic N) is 1. The van der Waals surface area contributed by atoms with Crippen LogP contribution in [-0.4, -0.2) is 48.6 Å². The van der Waals surface area contributed by atoms with Crippen LogP contribution in [0.2, 0.25) is 0 Å². The van der Waals surface area contributed by atoms with Crippen molar-refractivity contribution in [3.63, 3.8) is 0 Å². The fraction of sp³-hybridized carbons (Fsp3) is 0.889. The second-order valence-corrected chi connectivity index (χ2v) is 7.26. The summed E-state index contributed by atoms with van der Waals surface area (Å²) < 4.78 is 0. The van der Waals surface area contributed by atoms with E-state index in [-0.39, 0.29) is 18.0 Å². The number of urea groups is 1. The predicted octanol–water partition coefficient (Wildman–Crippen LogP) is 2.13. The van der Waals surface area contributed by atoms with E-state index < -0.39 is 0 Å². The molecule has 0 aromatic rings. The quantitative estimate of drug-likeness (QED) is 0.621. The number of likely N-dealkylation sites (tertiary alicyclic amines) is 1. The Balaban J connectivity index is 1.44. The Morgan fingerprint density at radius 1 is 0.958 bits per heavy atom. The molecule has 2 aliphatic rings. The number of nitrogens with two attached hydrogens (primary N) is 1. The van der Waals surface area contributed by atoms with Gasteiger partial charge in [0, 0.05) is 38.1 Å². The van der Waals surface area contributed by atoms with Crippen molar-refractivity contribution < 1.29 is 9.59 Å². The Bertz CT molecular complexity index is 388. The summed E-state index contributed by atoms with van der Waals surface area (Å²) in [5.41, 5.74) is 5.86. The van der Waals surface area contributed by atoms with Crippen LogP contribution in [0.3, 0.4) is 0 Å². The molecule has 0 aromatic heterocycles. The molecular weight excluding hydrogens is 304 g/mol. The molecule has 4 N–H and O–H groups in total. The van der Waals surface area contributed by atoms with E-state index in [1.165, 1.54) is 19.3 Å². The molecule has 0 bridgehead atoms. The van der Waals surface area contributed by atoms with Crippen LogP contribution in [-0.2, 0) is 4.79 Å². The lowest BCUT2D eigenvalue weighted by atomic mass is 9.96. The van der Waals surface area contributed by atoms with Crippen molar-refractivity contribution in [2.75, 3.05) is 19.6 Å². The van der Waals surface area contributed by atoms with Gasteiger partial charge in [-0.3, -0.25) is 4.79 Å². The van der Waals surface area contributed by atoms with Gasteiger partial charge in [-0.2, -0.15) is 0 Å². The molecule has 0 radical (unpaired) electrons. The zero-order chi connectivity index (χ0) is 17.2. The number of carbonyl (C=O) groups is 2. The van der Waals surface area contributed by atoms with Crippen LogP contribution in [0.15, 0.2) is 0 Å². The normalized spacial score (nSPS) is 20.0. The SMILES string of the molecule is NC1CCN(C(=O)CCCCCNC(=O)NC2CCCCC2)CC1.